The van der Waals surface area contributed by atoms with Gasteiger partial charge in [-0.25, -0.2) is 4.79 Å². The van der Waals surface area contributed by atoms with E-state index in [4.69, 9.17) is 16.3 Å². The lowest BCUT2D eigenvalue weighted by molar-refractivity contribution is 0.0523. The minimum atomic E-state index is -0.488. The predicted molar refractivity (Wildman–Crippen MR) is 83.4 cm³/mol. The highest BCUT2D eigenvalue weighted by Crippen LogP contribution is 2.21. The normalized spacial score (nSPS) is 11.5. The Bertz CT molecular complexity index is 445. The van der Waals surface area contributed by atoms with Crippen molar-refractivity contribution in [2.45, 2.75) is 33.2 Å². The van der Waals surface area contributed by atoms with Crippen LogP contribution in [0.1, 0.15) is 27.7 Å². The molecule has 0 aliphatic rings. The third-order valence-corrected chi connectivity index (χ3v) is 3.62. The molecule has 112 valence electrons. The molecule has 0 aromatic heterocycles. The van der Waals surface area contributed by atoms with E-state index in [9.17, 15) is 4.79 Å². The number of hydrogen-bond donors (Lipinski definition) is 1. The Balaban J connectivity index is 2.53. The first-order chi connectivity index (χ1) is 9.40. The van der Waals surface area contributed by atoms with Crippen molar-refractivity contribution >= 4 is 23.4 Å². The van der Waals surface area contributed by atoms with Crippen molar-refractivity contribution in [2.24, 2.45) is 0 Å². The van der Waals surface area contributed by atoms with Gasteiger partial charge in [0.1, 0.15) is 6.61 Å². The molecule has 0 atom stereocenters. The molecular formula is C15H23ClN2O2. The van der Waals surface area contributed by atoms with Crippen LogP contribution in [-0.2, 0) is 4.74 Å². The van der Waals surface area contributed by atoms with Crippen molar-refractivity contribution in [1.29, 1.82) is 0 Å². The van der Waals surface area contributed by atoms with E-state index in [2.05, 4.69) is 37.9 Å². The highest BCUT2D eigenvalue weighted by Gasteiger charge is 2.26. The summed E-state index contributed by atoms with van der Waals surface area (Å²) >= 11 is 5.98. The highest BCUT2D eigenvalue weighted by molar-refractivity contribution is 6.33. The van der Waals surface area contributed by atoms with Gasteiger partial charge in [-0.3, -0.25) is 10.2 Å². The number of nitrogens with zero attached hydrogens (tertiary/aromatic N) is 1. The quantitative estimate of drug-likeness (QED) is 0.863. The van der Waals surface area contributed by atoms with E-state index in [1.807, 2.05) is 6.07 Å². The minimum absolute atomic E-state index is 0.193. The summed E-state index contributed by atoms with van der Waals surface area (Å²) in [5.74, 6) is 0. The van der Waals surface area contributed by atoms with Crippen LogP contribution < -0.4 is 5.32 Å². The third kappa shape index (κ3) is 4.69. The van der Waals surface area contributed by atoms with E-state index in [1.165, 1.54) is 0 Å². The second-order valence-electron chi connectivity index (χ2n) is 5.17. The maximum atomic E-state index is 11.8. The lowest BCUT2D eigenvalue weighted by atomic mass is 10.0. The van der Waals surface area contributed by atoms with Gasteiger partial charge in [-0.05, 0) is 39.1 Å². The molecule has 0 bridgehead atoms. The van der Waals surface area contributed by atoms with Gasteiger partial charge in [-0.1, -0.05) is 37.6 Å². The lowest BCUT2D eigenvalue weighted by Crippen LogP contribution is -2.47. The van der Waals surface area contributed by atoms with Crippen molar-refractivity contribution in [2.75, 3.05) is 25.0 Å². The third-order valence-electron chi connectivity index (χ3n) is 3.29. The van der Waals surface area contributed by atoms with Gasteiger partial charge in [-0.2, -0.15) is 0 Å². The van der Waals surface area contributed by atoms with Crippen molar-refractivity contribution < 1.29 is 9.53 Å². The second kappa shape index (κ2) is 7.50. The van der Waals surface area contributed by atoms with Gasteiger partial charge in [0.25, 0.3) is 0 Å². The van der Waals surface area contributed by atoms with Gasteiger partial charge in [0, 0.05) is 5.54 Å². The smallest absolute Gasteiger partial charge is 0.411 e. The number of carbonyl (C=O) groups is 1. The number of nitrogens with one attached hydrogen (secondary N) is 1. The molecule has 0 radical (unpaired) electrons. The number of hydrogen-bond acceptors (Lipinski definition) is 3. The molecule has 0 heterocycles. The number of anilines is 1. The summed E-state index contributed by atoms with van der Waals surface area (Å²) in [4.78, 5) is 14.0. The summed E-state index contributed by atoms with van der Waals surface area (Å²) in [7, 11) is 0. The van der Waals surface area contributed by atoms with Crippen LogP contribution in [-0.4, -0.2) is 36.2 Å². The lowest BCUT2D eigenvalue weighted by Gasteiger charge is -2.36. The topological polar surface area (TPSA) is 41.6 Å². The number of amides is 1. The molecular weight excluding hydrogens is 276 g/mol. The van der Waals surface area contributed by atoms with E-state index < -0.39 is 6.09 Å². The molecule has 1 aromatic carbocycles. The fourth-order valence-electron chi connectivity index (χ4n) is 2.12. The molecule has 0 saturated heterocycles. The largest absolute Gasteiger partial charge is 0.447 e. The van der Waals surface area contributed by atoms with Crippen molar-refractivity contribution in [3.8, 4) is 0 Å². The Labute approximate surface area is 126 Å². The van der Waals surface area contributed by atoms with Crippen LogP contribution in [0, 0.1) is 0 Å². The zero-order valence-electron chi connectivity index (χ0n) is 12.6. The summed E-state index contributed by atoms with van der Waals surface area (Å²) in [5, 5.41) is 3.14. The van der Waals surface area contributed by atoms with Crippen LogP contribution >= 0.6 is 11.6 Å². The summed E-state index contributed by atoms with van der Waals surface area (Å²) in [5.41, 5.74) is 0.362. The van der Waals surface area contributed by atoms with E-state index in [0.717, 1.165) is 13.1 Å². The Morgan fingerprint density at radius 3 is 2.45 bits per heavy atom. The van der Waals surface area contributed by atoms with Crippen LogP contribution in [0.2, 0.25) is 5.02 Å². The van der Waals surface area contributed by atoms with Gasteiger partial charge in [-0.15, -0.1) is 0 Å². The maximum Gasteiger partial charge on any atom is 0.411 e. The van der Waals surface area contributed by atoms with Crippen LogP contribution in [0.25, 0.3) is 0 Å². The standard InChI is InChI=1S/C15H23ClN2O2/c1-5-18(6-2)15(3,4)11-20-14(19)17-13-10-8-7-9-12(13)16/h7-10H,5-6,11H2,1-4H3,(H,17,19). The summed E-state index contributed by atoms with van der Waals surface area (Å²) < 4.78 is 5.30. The molecule has 1 aromatic rings. The van der Waals surface area contributed by atoms with Crippen molar-refractivity contribution in [1.82, 2.24) is 4.90 Å². The number of likely N-dealkylation sites (N-methyl/N-ethyl adjacent to an activating group) is 1. The van der Waals surface area contributed by atoms with Gasteiger partial charge in [0.15, 0.2) is 0 Å². The Kier molecular flexibility index (Phi) is 6.30. The average Bonchev–Trinajstić information content (AvgIpc) is 2.40. The van der Waals surface area contributed by atoms with Crippen molar-refractivity contribution in [3.05, 3.63) is 29.3 Å². The Morgan fingerprint density at radius 1 is 1.30 bits per heavy atom. The van der Waals surface area contributed by atoms with Crippen molar-refractivity contribution in [3.63, 3.8) is 0 Å². The van der Waals surface area contributed by atoms with Crippen LogP contribution in [0.3, 0.4) is 0 Å². The second-order valence-corrected chi connectivity index (χ2v) is 5.57. The molecule has 1 rings (SSSR count). The zero-order chi connectivity index (χ0) is 15.2. The maximum absolute atomic E-state index is 11.8. The molecule has 0 saturated carbocycles. The van der Waals surface area contributed by atoms with E-state index in [0.29, 0.717) is 17.3 Å². The van der Waals surface area contributed by atoms with Gasteiger partial charge in [0.05, 0.1) is 10.7 Å². The molecule has 1 amide bonds. The zero-order valence-corrected chi connectivity index (χ0v) is 13.3. The summed E-state index contributed by atoms with van der Waals surface area (Å²) in [6.45, 7) is 10.5. The van der Waals surface area contributed by atoms with E-state index in [1.54, 1.807) is 18.2 Å². The minimum Gasteiger partial charge on any atom is -0.447 e. The average molecular weight is 299 g/mol. The monoisotopic (exact) mass is 298 g/mol. The fourth-order valence-corrected chi connectivity index (χ4v) is 2.30. The number of ether oxygens (including phenoxy) is 1. The molecule has 1 N–H and O–H groups in total. The molecule has 5 heteroatoms. The Hall–Kier alpha value is -1.26. The van der Waals surface area contributed by atoms with E-state index in [-0.39, 0.29) is 5.54 Å². The molecule has 20 heavy (non-hydrogen) atoms. The number of para-hydroxylation sites is 1. The Morgan fingerprint density at radius 2 is 1.90 bits per heavy atom. The van der Waals surface area contributed by atoms with E-state index >= 15 is 0 Å². The number of rotatable bonds is 6. The molecule has 0 unspecified atom stereocenters. The molecule has 4 nitrogen and oxygen atoms in total. The van der Waals surface area contributed by atoms with Crippen LogP contribution in [0.4, 0.5) is 10.5 Å². The number of carbonyl (C=O) groups excluding carboxylic acids is 1. The summed E-state index contributed by atoms with van der Waals surface area (Å²) in [6.07, 6.45) is -0.488. The molecule has 0 fully saturated rings. The first-order valence-corrected chi connectivity index (χ1v) is 7.22. The molecule has 0 aliphatic heterocycles. The predicted octanol–water partition coefficient (Wildman–Crippen LogP) is 4.01. The summed E-state index contributed by atoms with van der Waals surface area (Å²) in [6, 6.07) is 7.07. The fraction of sp³-hybridized carbons (Fsp3) is 0.533. The highest BCUT2D eigenvalue weighted by atomic mass is 35.5. The van der Waals surface area contributed by atoms with Gasteiger partial charge >= 0.3 is 6.09 Å². The SMILES string of the molecule is CCN(CC)C(C)(C)COC(=O)Nc1ccccc1Cl. The number of benzene rings is 1. The molecule has 0 aliphatic carbocycles. The van der Waals surface area contributed by atoms with Crippen LogP contribution in [0.15, 0.2) is 24.3 Å². The van der Waals surface area contributed by atoms with Crippen LogP contribution in [0.5, 0.6) is 0 Å². The van der Waals surface area contributed by atoms with Gasteiger partial charge < -0.3 is 4.74 Å². The number of halogens is 1. The first kappa shape index (κ1) is 16.8. The first-order valence-electron chi connectivity index (χ1n) is 6.84. The molecule has 0 spiro atoms. The van der Waals surface area contributed by atoms with Gasteiger partial charge in [0.2, 0.25) is 0 Å².